The summed E-state index contributed by atoms with van der Waals surface area (Å²) in [5, 5.41) is 10.3. The van der Waals surface area contributed by atoms with Crippen LogP contribution in [0.2, 0.25) is 0 Å². The Morgan fingerprint density at radius 2 is 2.15 bits per heavy atom. The second kappa shape index (κ2) is 5.12. The van der Waals surface area contributed by atoms with Gasteiger partial charge in [-0.2, -0.15) is 0 Å². The molecular weight excluding hydrogens is 252 g/mol. The van der Waals surface area contributed by atoms with E-state index in [0.717, 1.165) is 29.6 Å². The smallest absolute Gasteiger partial charge is 0.354 e. The molecule has 0 radical (unpaired) electrons. The molecule has 0 atom stereocenters. The second-order valence-electron chi connectivity index (χ2n) is 5.27. The lowest BCUT2D eigenvalue weighted by molar-refractivity contribution is 0.0691. The second-order valence-corrected chi connectivity index (χ2v) is 5.27. The van der Waals surface area contributed by atoms with Crippen LogP contribution in [-0.4, -0.2) is 28.6 Å². The summed E-state index contributed by atoms with van der Waals surface area (Å²) < 4.78 is 0. The highest BCUT2D eigenvalue weighted by Crippen LogP contribution is 2.36. The molecule has 1 aliphatic carbocycles. The van der Waals surface area contributed by atoms with Crippen molar-refractivity contribution in [3.63, 3.8) is 0 Å². The minimum atomic E-state index is -0.968. The molecule has 1 heterocycles. The van der Waals surface area contributed by atoms with Crippen LogP contribution in [0, 0.1) is 0 Å². The lowest BCUT2D eigenvalue weighted by Gasteiger charge is -2.25. The van der Waals surface area contributed by atoms with E-state index >= 15 is 0 Å². The number of aromatic carboxylic acids is 1. The number of carbonyl (C=O) groups is 1. The monoisotopic (exact) mass is 270 g/mol. The zero-order valence-electron chi connectivity index (χ0n) is 11.5. The van der Waals surface area contributed by atoms with E-state index < -0.39 is 5.97 Å². The normalized spacial score (nSPS) is 14.4. The van der Waals surface area contributed by atoms with Crippen LogP contribution in [0.25, 0.3) is 10.9 Å². The van der Waals surface area contributed by atoms with Crippen LogP contribution in [-0.2, 0) is 0 Å². The maximum absolute atomic E-state index is 11.3. The first kappa shape index (κ1) is 12.9. The van der Waals surface area contributed by atoms with E-state index in [1.165, 1.54) is 12.8 Å². The minimum Gasteiger partial charge on any atom is -0.477 e. The third kappa shape index (κ3) is 2.33. The van der Waals surface area contributed by atoms with Crippen molar-refractivity contribution in [3.05, 3.63) is 36.0 Å². The number of hydrogen-bond acceptors (Lipinski definition) is 3. The Balaban J connectivity index is 2.17. The molecule has 1 fully saturated rings. The Hall–Kier alpha value is -2.10. The van der Waals surface area contributed by atoms with Crippen LogP contribution < -0.4 is 4.90 Å². The van der Waals surface area contributed by atoms with Gasteiger partial charge in [-0.3, -0.25) is 0 Å². The van der Waals surface area contributed by atoms with E-state index in [0.29, 0.717) is 6.04 Å². The summed E-state index contributed by atoms with van der Waals surface area (Å²) in [5.74, 6) is -0.968. The summed E-state index contributed by atoms with van der Waals surface area (Å²) in [6, 6.07) is 10.1. The summed E-state index contributed by atoms with van der Waals surface area (Å²) >= 11 is 0. The molecule has 0 amide bonds. The van der Waals surface area contributed by atoms with Gasteiger partial charge < -0.3 is 10.0 Å². The Bertz CT molecular complexity index is 650. The van der Waals surface area contributed by atoms with Gasteiger partial charge in [-0.1, -0.05) is 25.1 Å². The van der Waals surface area contributed by atoms with Gasteiger partial charge in [-0.25, -0.2) is 9.78 Å². The lowest BCUT2D eigenvalue weighted by Crippen LogP contribution is -2.27. The van der Waals surface area contributed by atoms with Crippen LogP contribution in [0.15, 0.2) is 30.3 Å². The van der Waals surface area contributed by atoms with E-state index in [-0.39, 0.29) is 5.69 Å². The average Bonchev–Trinajstić information content (AvgIpc) is 3.28. The van der Waals surface area contributed by atoms with Gasteiger partial charge in [-0.05, 0) is 31.4 Å². The Labute approximate surface area is 118 Å². The summed E-state index contributed by atoms with van der Waals surface area (Å²) in [4.78, 5) is 17.9. The van der Waals surface area contributed by atoms with Gasteiger partial charge in [-0.15, -0.1) is 0 Å². The molecular formula is C16H18N2O2. The van der Waals surface area contributed by atoms with Crippen molar-refractivity contribution in [2.24, 2.45) is 0 Å². The first-order valence-corrected chi connectivity index (χ1v) is 7.10. The quantitative estimate of drug-likeness (QED) is 0.905. The number of carboxylic acids is 1. The molecule has 1 aromatic heterocycles. The van der Waals surface area contributed by atoms with Gasteiger partial charge in [0.25, 0.3) is 0 Å². The molecule has 0 aliphatic heterocycles. The summed E-state index contributed by atoms with van der Waals surface area (Å²) in [6.45, 7) is 3.11. The maximum atomic E-state index is 11.3. The van der Waals surface area contributed by atoms with Crippen molar-refractivity contribution in [2.45, 2.75) is 32.2 Å². The van der Waals surface area contributed by atoms with Gasteiger partial charge in [0.15, 0.2) is 5.69 Å². The molecule has 20 heavy (non-hydrogen) atoms. The van der Waals surface area contributed by atoms with Crippen molar-refractivity contribution in [3.8, 4) is 0 Å². The fourth-order valence-electron chi connectivity index (χ4n) is 2.63. The number of benzene rings is 1. The third-order valence-electron chi connectivity index (χ3n) is 3.68. The van der Waals surface area contributed by atoms with Crippen LogP contribution in [0.4, 0.5) is 5.69 Å². The molecule has 0 unspecified atom stereocenters. The standard InChI is InChI=1S/C16H18N2O2/c1-2-9-18(11-7-8-11)15-10-14(16(19)20)17-13-6-4-3-5-12(13)15/h3-6,10-11H,2,7-9H2,1H3,(H,19,20). The van der Waals surface area contributed by atoms with E-state index in [1.54, 1.807) is 6.07 Å². The Morgan fingerprint density at radius 1 is 1.40 bits per heavy atom. The first-order valence-electron chi connectivity index (χ1n) is 7.10. The number of nitrogens with zero attached hydrogens (tertiary/aromatic N) is 2. The van der Waals surface area contributed by atoms with Gasteiger partial charge >= 0.3 is 5.97 Å². The molecule has 1 N–H and O–H groups in total. The number of carboxylic acid groups (broad SMARTS) is 1. The van der Waals surface area contributed by atoms with Crippen molar-refractivity contribution in [2.75, 3.05) is 11.4 Å². The fourth-order valence-corrected chi connectivity index (χ4v) is 2.63. The number of para-hydroxylation sites is 1. The number of rotatable bonds is 5. The highest BCUT2D eigenvalue weighted by molar-refractivity contribution is 5.97. The topological polar surface area (TPSA) is 53.4 Å². The Kier molecular flexibility index (Phi) is 3.30. The SMILES string of the molecule is CCCN(c1cc(C(=O)O)nc2ccccc12)C1CC1. The molecule has 1 aliphatic rings. The predicted octanol–water partition coefficient (Wildman–Crippen LogP) is 3.31. The molecule has 1 aromatic carbocycles. The van der Waals surface area contributed by atoms with Crippen LogP contribution in [0.1, 0.15) is 36.7 Å². The minimum absolute atomic E-state index is 0.125. The first-order chi connectivity index (χ1) is 9.70. The number of fused-ring (bicyclic) bond motifs is 1. The van der Waals surface area contributed by atoms with E-state index in [2.05, 4.69) is 16.8 Å². The molecule has 0 saturated heterocycles. The van der Waals surface area contributed by atoms with Crippen LogP contribution in [0.5, 0.6) is 0 Å². The number of anilines is 1. The molecule has 3 rings (SSSR count). The van der Waals surface area contributed by atoms with Crippen LogP contribution >= 0.6 is 0 Å². The van der Waals surface area contributed by atoms with E-state index in [4.69, 9.17) is 0 Å². The number of pyridine rings is 1. The van der Waals surface area contributed by atoms with Crippen LogP contribution in [0.3, 0.4) is 0 Å². The highest BCUT2D eigenvalue weighted by atomic mass is 16.4. The lowest BCUT2D eigenvalue weighted by atomic mass is 10.1. The molecule has 4 nitrogen and oxygen atoms in total. The van der Waals surface area contributed by atoms with Crippen molar-refractivity contribution < 1.29 is 9.90 Å². The highest BCUT2D eigenvalue weighted by Gasteiger charge is 2.30. The third-order valence-corrected chi connectivity index (χ3v) is 3.68. The molecule has 4 heteroatoms. The average molecular weight is 270 g/mol. The van der Waals surface area contributed by atoms with Gasteiger partial charge in [0, 0.05) is 23.7 Å². The van der Waals surface area contributed by atoms with E-state index in [9.17, 15) is 9.90 Å². The molecule has 1 saturated carbocycles. The largest absolute Gasteiger partial charge is 0.477 e. The fraction of sp³-hybridized carbons (Fsp3) is 0.375. The van der Waals surface area contributed by atoms with E-state index in [1.807, 2.05) is 24.3 Å². The van der Waals surface area contributed by atoms with Crippen molar-refractivity contribution in [1.82, 2.24) is 4.98 Å². The summed E-state index contributed by atoms with van der Waals surface area (Å²) in [5.41, 5.74) is 1.89. The predicted molar refractivity (Wildman–Crippen MR) is 79.4 cm³/mol. The zero-order valence-corrected chi connectivity index (χ0v) is 11.5. The summed E-state index contributed by atoms with van der Waals surface area (Å²) in [6.07, 6.45) is 3.44. The molecule has 0 spiro atoms. The maximum Gasteiger partial charge on any atom is 0.354 e. The molecule has 104 valence electrons. The molecule has 0 bridgehead atoms. The zero-order chi connectivity index (χ0) is 14.1. The Morgan fingerprint density at radius 3 is 2.80 bits per heavy atom. The number of hydrogen-bond donors (Lipinski definition) is 1. The van der Waals surface area contributed by atoms with Gasteiger partial charge in [0.2, 0.25) is 0 Å². The van der Waals surface area contributed by atoms with Crippen molar-refractivity contribution in [1.29, 1.82) is 0 Å². The van der Waals surface area contributed by atoms with Gasteiger partial charge in [0.05, 0.1) is 5.52 Å². The molecule has 2 aromatic rings. The van der Waals surface area contributed by atoms with Gasteiger partial charge in [0.1, 0.15) is 0 Å². The number of aromatic nitrogens is 1. The summed E-state index contributed by atoms with van der Waals surface area (Å²) in [7, 11) is 0. The van der Waals surface area contributed by atoms with Crippen molar-refractivity contribution >= 4 is 22.6 Å².